The van der Waals surface area contributed by atoms with E-state index in [1.807, 2.05) is 60.7 Å². The van der Waals surface area contributed by atoms with Crippen molar-refractivity contribution in [1.29, 1.82) is 0 Å². The predicted molar refractivity (Wildman–Crippen MR) is 128 cm³/mol. The summed E-state index contributed by atoms with van der Waals surface area (Å²) in [7, 11) is 1.25. The van der Waals surface area contributed by atoms with Gasteiger partial charge in [0.25, 0.3) is 0 Å². The van der Waals surface area contributed by atoms with Gasteiger partial charge < -0.3 is 9.47 Å². The van der Waals surface area contributed by atoms with Crippen LogP contribution in [-0.4, -0.2) is 25.0 Å². The average Bonchev–Trinajstić information content (AvgIpc) is 3.52. The van der Waals surface area contributed by atoms with Crippen molar-refractivity contribution >= 4 is 40.2 Å². The van der Waals surface area contributed by atoms with Crippen molar-refractivity contribution in [3.05, 3.63) is 107 Å². The first kappa shape index (κ1) is 22.3. The monoisotopic (exact) mass is 584 g/mol. The summed E-state index contributed by atoms with van der Waals surface area (Å²) in [5.74, 6) is 1.35. The molecule has 2 heterocycles. The summed E-state index contributed by atoms with van der Waals surface area (Å²) in [4.78, 5) is 9.55. The van der Waals surface area contributed by atoms with E-state index < -0.39 is 0 Å². The summed E-state index contributed by atoms with van der Waals surface area (Å²) in [6, 6.07) is 28.6. The summed E-state index contributed by atoms with van der Waals surface area (Å²) < 4.78 is 11.8. The number of hydrogen-bond donors (Lipinski definition) is 0. The molecule has 0 N–H and O–H groups in total. The number of benzene rings is 3. The molecular weight excluding hydrogens is 567 g/mol. The van der Waals surface area contributed by atoms with Crippen LogP contribution in [0.3, 0.4) is 0 Å². The Morgan fingerprint density at radius 2 is 1.06 bits per heavy atom. The van der Waals surface area contributed by atoms with Crippen molar-refractivity contribution in [3.8, 4) is 0 Å². The second-order valence-corrected chi connectivity index (χ2v) is 12.0. The first-order valence-corrected chi connectivity index (χ1v) is 14.6. The van der Waals surface area contributed by atoms with Crippen LogP contribution in [0, 0.1) is 0 Å². The van der Waals surface area contributed by atoms with Gasteiger partial charge in [0.1, 0.15) is 25.3 Å². The minimum Gasteiger partial charge on any atom is -0.475 e. The van der Waals surface area contributed by atoms with Crippen LogP contribution in [0.2, 0.25) is 0 Å². The molecule has 0 spiro atoms. The van der Waals surface area contributed by atoms with Gasteiger partial charge in [-0.1, -0.05) is 66.7 Å². The van der Waals surface area contributed by atoms with Gasteiger partial charge >= 0.3 is 39.3 Å². The Hall–Kier alpha value is -1.95. The molecule has 5 rings (SSSR count). The van der Waals surface area contributed by atoms with Crippen LogP contribution in [-0.2, 0) is 20.4 Å². The average molecular weight is 587 g/mol. The number of rotatable bonds is 4. The van der Waals surface area contributed by atoms with Gasteiger partial charge in [0.15, 0.2) is 0 Å². The van der Waals surface area contributed by atoms with Crippen molar-refractivity contribution in [2.45, 2.75) is 12.1 Å². The van der Waals surface area contributed by atoms with Crippen molar-refractivity contribution in [1.82, 2.24) is 0 Å². The van der Waals surface area contributed by atoms with E-state index in [1.165, 1.54) is 22.0 Å². The van der Waals surface area contributed by atoms with Gasteiger partial charge in [0, 0.05) is 11.1 Å². The molecule has 2 aliphatic heterocycles. The van der Waals surface area contributed by atoms with Crippen LogP contribution in [0.4, 0.5) is 0 Å². The molecule has 0 radical (unpaired) electrons. The molecule has 162 valence electrons. The zero-order valence-electron chi connectivity index (χ0n) is 16.4. The minimum absolute atomic E-state index is 0.0439. The molecule has 2 unspecified atom stereocenters. The molecule has 0 saturated carbocycles. The van der Waals surface area contributed by atoms with Gasteiger partial charge in [-0.2, -0.15) is 0 Å². The van der Waals surface area contributed by atoms with Crippen LogP contribution in [0.15, 0.2) is 94.9 Å². The van der Waals surface area contributed by atoms with Gasteiger partial charge in [0.2, 0.25) is 11.8 Å². The van der Waals surface area contributed by atoms with Gasteiger partial charge in [-0.05, 0) is 29.3 Å². The zero-order valence-corrected chi connectivity index (χ0v) is 20.6. The third kappa shape index (κ3) is 5.65. The molecule has 2 aliphatic rings. The summed E-state index contributed by atoms with van der Waals surface area (Å²) in [6.07, 6.45) is 0. The Morgan fingerprint density at radius 1 is 0.645 bits per heavy atom. The topological polar surface area (TPSA) is 43.2 Å². The maximum absolute atomic E-state index is 5.88. The molecule has 3 aromatic rings. The third-order valence-corrected chi connectivity index (χ3v) is 5.03. The predicted octanol–water partition coefficient (Wildman–Crippen LogP) is 6.41. The molecule has 0 aromatic heterocycles. The van der Waals surface area contributed by atoms with Gasteiger partial charge in [-0.3, -0.25) is 0 Å². The maximum atomic E-state index is 5.88. The van der Waals surface area contributed by atoms with E-state index in [9.17, 15) is 0 Å². The standard InChI is InChI=1S/C24H20N2O2.2BrH.Ni/c1-3-8-17(9-4-1)21-15-27-23(25-21)19-12-7-13-20(14-19)24-26-22(16-28-24)18-10-5-2-6-11-18;;;/h1-14,21-22H,15-16H2;2*1H;/q;;;+2/p-2. The molecule has 31 heavy (non-hydrogen) atoms. The summed E-state index contributed by atoms with van der Waals surface area (Å²) >= 11 is 6.00. The fourth-order valence-electron chi connectivity index (χ4n) is 3.54. The van der Waals surface area contributed by atoms with Crippen LogP contribution < -0.4 is 0 Å². The van der Waals surface area contributed by atoms with Crippen LogP contribution in [0.25, 0.3) is 0 Å². The Morgan fingerprint density at radius 3 is 1.48 bits per heavy atom. The smallest absolute Gasteiger partial charge is 0.216 e. The van der Waals surface area contributed by atoms with Crippen LogP contribution in [0.5, 0.6) is 0 Å². The SMILES string of the molecule is [Br][Ni][Br].c1ccc(C2COC(c3cccc(C4=NC(c5ccccc5)CO4)c3)=N2)cc1. The van der Waals surface area contributed by atoms with Gasteiger partial charge in [-0.25, -0.2) is 9.98 Å². The van der Waals surface area contributed by atoms with Gasteiger partial charge in [0.05, 0.1) is 0 Å². The fourth-order valence-corrected chi connectivity index (χ4v) is 3.54. The Balaban J connectivity index is 0.000000730. The number of hydrogen-bond acceptors (Lipinski definition) is 4. The Labute approximate surface area is 202 Å². The van der Waals surface area contributed by atoms with Crippen molar-refractivity contribution < 1.29 is 20.4 Å². The molecule has 0 bridgehead atoms. The molecule has 0 amide bonds. The summed E-state index contributed by atoms with van der Waals surface area (Å²) in [6.45, 7) is 1.13. The van der Waals surface area contributed by atoms with E-state index in [-0.39, 0.29) is 12.1 Å². The van der Waals surface area contributed by atoms with E-state index in [4.69, 9.17) is 19.5 Å². The number of ether oxygens (including phenoxy) is 2. The largest absolute Gasteiger partial charge is 0.475 e. The minimum atomic E-state index is 0.0439. The second kappa shape index (κ2) is 11.1. The number of halogens is 2. The third-order valence-electron chi connectivity index (χ3n) is 5.03. The van der Waals surface area contributed by atoms with E-state index in [0.717, 1.165) is 11.1 Å². The van der Waals surface area contributed by atoms with E-state index in [2.05, 4.69) is 52.7 Å². The first-order valence-electron chi connectivity index (χ1n) is 9.72. The molecule has 3 aromatic carbocycles. The normalized spacial score (nSPS) is 19.5. The Bertz CT molecular complexity index is 981. The maximum Gasteiger partial charge on any atom is 0.216 e. The summed E-state index contributed by atoms with van der Waals surface area (Å²) in [5.41, 5.74) is 4.24. The molecule has 0 fully saturated rings. The first-order chi connectivity index (χ1) is 15.3. The fraction of sp³-hybridized carbons (Fsp3) is 0.167. The molecule has 0 saturated heterocycles. The summed E-state index contributed by atoms with van der Waals surface area (Å²) in [5, 5.41) is 0. The van der Waals surface area contributed by atoms with Crippen LogP contribution in [0.1, 0.15) is 34.3 Å². The second-order valence-electron chi connectivity index (χ2n) is 6.97. The zero-order chi connectivity index (χ0) is 21.5. The molecule has 0 aliphatic carbocycles. The van der Waals surface area contributed by atoms with Crippen molar-refractivity contribution in [3.63, 3.8) is 0 Å². The molecule has 2 atom stereocenters. The molecule has 4 nitrogen and oxygen atoms in total. The van der Waals surface area contributed by atoms with Gasteiger partial charge in [-0.15, -0.1) is 0 Å². The van der Waals surface area contributed by atoms with E-state index >= 15 is 0 Å². The van der Waals surface area contributed by atoms with E-state index in [0.29, 0.717) is 25.0 Å². The quantitative estimate of drug-likeness (QED) is 0.332. The molecule has 7 heteroatoms. The van der Waals surface area contributed by atoms with Crippen molar-refractivity contribution in [2.24, 2.45) is 9.98 Å². The molecular formula is C24H20Br2N2NiO2. The van der Waals surface area contributed by atoms with E-state index in [1.54, 1.807) is 0 Å². The number of aliphatic imine (C=N–C) groups is 2. The number of nitrogens with zero attached hydrogens (tertiary/aromatic N) is 2. The van der Waals surface area contributed by atoms with Crippen molar-refractivity contribution in [2.75, 3.05) is 13.2 Å². The Kier molecular flexibility index (Phi) is 7.95. The van der Waals surface area contributed by atoms with Crippen LogP contribution >= 0.6 is 28.5 Å².